The molecule has 0 saturated heterocycles. The third kappa shape index (κ3) is 7.54. The van der Waals surface area contributed by atoms with Gasteiger partial charge in [-0.2, -0.15) is 0 Å². The fraction of sp³-hybridized carbons (Fsp3) is 0.440. The number of hydrogen-bond donors (Lipinski definition) is 1. The second-order valence-electron chi connectivity index (χ2n) is 8.59. The van der Waals surface area contributed by atoms with E-state index in [9.17, 15) is 9.59 Å². The van der Waals surface area contributed by atoms with Crippen LogP contribution >= 0.6 is 0 Å². The van der Waals surface area contributed by atoms with Crippen LogP contribution in [0.25, 0.3) is 0 Å². The van der Waals surface area contributed by atoms with Crippen LogP contribution in [0.2, 0.25) is 0 Å². The van der Waals surface area contributed by atoms with E-state index in [1.807, 2.05) is 31.2 Å². The normalized spacial score (nSPS) is 12.2. The van der Waals surface area contributed by atoms with Gasteiger partial charge in [-0.05, 0) is 54.2 Å². The molecule has 2 aromatic rings. The fourth-order valence-corrected chi connectivity index (χ4v) is 2.99. The number of amides is 1. The minimum atomic E-state index is -0.515. The van der Waals surface area contributed by atoms with Crippen molar-refractivity contribution in [2.75, 3.05) is 6.61 Å². The number of rotatable bonds is 9. The Hall–Kier alpha value is -2.82. The maximum absolute atomic E-state index is 12.1. The maximum atomic E-state index is 12.1. The molecule has 0 heterocycles. The first-order chi connectivity index (χ1) is 14.2. The average Bonchev–Trinajstić information content (AvgIpc) is 2.70. The largest absolute Gasteiger partial charge is 0.489 e. The van der Waals surface area contributed by atoms with Gasteiger partial charge in [-0.25, -0.2) is 4.79 Å². The van der Waals surface area contributed by atoms with Crippen molar-refractivity contribution in [2.24, 2.45) is 0 Å². The Morgan fingerprint density at radius 3 is 2.20 bits per heavy atom. The van der Waals surface area contributed by atoms with Crippen molar-refractivity contribution < 1.29 is 19.1 Å². The molecule has 0 spiro atoms. The summed E-state index contributed by atoms with van der Waals surface area (Å²) in [6.45, 7) is 10.6. The van der Waals surface area contributed by atoms with E-state index in [-0.39, 0.29) is 24.0 Å². The molecule has 1 amide bonds. The number of nitrogens with one attached hydrogen (secondary N) is 1. The van der Waals surface area contributed by atoms with Gasteiger partial charge in [-0.1, -0.05) is 58.4 Å². The monoisotopic (exact) mass is 411 g/mol. The summed E-state index contributed by atoms with van der Waals surface area (Å²) in [6, 6.07) is 15.2. The number of esters is 1. The van der Waals surface area contributed by atoms with Crippen LogP contribution in [0.15, 0.2) is 48.5 Å². The Morgan fingerprint density at radius 2 is 1.63 bits per heavy atom. The van der Waals surface area contributed by atoms with Crippen LogP contribution in [0.4, 0.5) is 0 Å². The van der Waals surface area contributed by atoms with Crippen molar-refractivity contribution in [3.05, 3.63) is 65.2 Å². The molecule has 0 radical (unpaired) electrons. The van der Waals surface area contributed by atoms with E-state index in [1.54, 1.807) is 12.1 Å². The van der Waals surface area contributed by atoms with Gasteiger partial charge in [-0.15, -0.1) is 0 Å². The molecule has 30 heavy (non-hydrogen) atoms. The first kappa shape index (κ1) is 23.5. The van der Waals surface area contributed by atoms with Crippen LogP contribution in [0.3, 0.4) is 0 Å². The minimum Gasteiger partial charge on any atom is -0.489 e. The molecular formula is C25H33NO4. The van der Waals surface area contributed by atoms with Crippen molar-refractivity contribution >= 4 is 11.9 Å². The summed E-state index contributed by atoms with van der Waals surface area (Å²) < 4.78 is 10.9. The zero-order valence-electron chi connectivity index (χ0n) is 18.7. The highest BCUT2D eigenvalue weighted by molar-refractivity contribution is 5.91. The Kier molecular flexibility index (Phi) is 8.46. The molecular weight excluding hydrogens is 378 g/mol. The fourth-order valence-electron chi connectivity index (χ4n) is 2.99. The quantitative estimate of drug-likeness (QED) is 0.588. The summed E-state index contributed by atoms with van der Waals surface area (Å²) in [7, 11) is 0. The molecule has 162 valence electrons. The van der Waals surface area contributed by atoms with Gasteiger partial charge >= 0.3 is 5.97 Å². The molecule has 5 heteroatoms. The van der Waals surface area contributed by atoms with E-state index in [0.717, 1.165) is 24.2 Å². The molecule has 0 aromatic heterocycles. The van der Waals surface area contributed by atoms with Gasteiger partial charge in [0, 0.05) is 6.04 Å². The van der Waals surface area contributed by atoms with Gasteiger partial charge in [0.2, 0.25) is 0 Å². The lowest BCUT2D eigenvalue weighted by molar-refractivity contribution is -0.124. The molecule has 0 aliphatic heterocycles. The predicted octanol–water partition coefficient (Wildman–Crippen LogP) is 5.02. The smallest absolute Gasteiger partial charge is 0.338 e. The SMILES string of the molecule is CCC[C@@H](C)NC(=O)COC(=O)c1ccc(COc2ccc(C(C)(C)C)cc2)cc1. The second-order valence-corrected chi connectivity index (χ2v) is 8.59. The number of benzene rings is 2. The zero-order chi connectivity index (χ0) is 22.1. The molecule has 0 bridgehead atoms. The van der Waals surface area contributed by atoms with Crippen molar-refractivity contribution in [2.45, 2.75) is 65.5 Å². The first-order valence-electron chi connectivity index (χ1n) is 10.5. The molecule has 0 unspecified atom stereocenters. The number of hydrogen-bond acceptors (Lipinski definition) is 4. The third-order valence-corrected chi connectivity index (χ3v) is 4.78. The number of carbonyl (C=O) groups excluding carboxylic acids is 2. The Morgan fingerprint density at radius 1 is 1.00 bits per heavy atom. The molecule has 5 nitrogen and oxygen atoms in total. The van der Waals surface area contributed by atoms with Gasteiger partial charge < -0.3 is 14.8 Å². The topological polar surface area (TPSA) is 64.6 Å². The summed E-state index contributed by atoms with van der Waals surface area (Å²) in [5.41, 5.74) is 2.71. The lowest BCUT2D eigenvalue weighted by atomic mass is 9.87. The van der Waals surface area contributed by atoms with E-state index in [2.05, 4.69) is 45.1 Å². The molecule has 0 saturated carbocycles. The van der Waals surface area contributed by atoms with Crippen molar-refractivity contribution in [3.63, 3.8) is 0 Å². The molecule has 1 N–H and O–H groups in total. The Bertz CT molecular complexity index is 820. The maximum Gasteiger partial charge on any atom is 0.338 e. The molecule has 0 aliphatic carbocycles. The molecule has 2 aromatic carbocycles. The van der Waals surface area contributed by atoms with Crippen molar-refractivity contribution in [3.8, 4) is 5.75 Å². The van der Waals surface area contributed by atoms with Gasteiger partial charge in [-0.3, -0.25) is 4.79 Å². The number of ether oxygens (including phenoxy) is 2. The lowest BCUT2D eigenvalue weighted by Crippen LogP contribution is -2.35. The lowest BCUT2D eigenvalue weighted by Gasteiger charge is -2.19. The first-order valence-corrected chi connectivity index (χ1v) is 10.5. The summed E-state index contributed by atoms with van der Waals surface area (Å²) in [5, 5.41) is 2.81. The van der Waals surface area contributed by atoms with E-state index >= 15 is 0 Å². The summed E-state index contributed by atoms with van der Waals surface area (Å²) in [5.74, 6) is 0.000122. The highest BCUT2D eigenvalue weighted by Gasteiger charge is 2.14. The molecule has 0 aliphatic rings. The highest BCUT2D eigenvalue weighted by Crippen LogP contribution is 2.24. The van der Waals surface area contributed by atoms with E-state index in [1.165, 1.54) is 5.56 Å². The van der Waals surface area contributed by atoms with Gasteiger partial charge in [0.15, 0.2) is 6.61 Å². The summed E-state index contributed by atoms with van der Waals surface area (Å²) >= 11 is 0. The Labute approximate surface area is 179 Å². The van der Waals surface area contributed by atoms with Crippen LogP contribution in [-0.2, 0) is 21.6 Å². The van der Waals surface area contributed by atoms with Crippen molar-refractivity contribution in [1.82, 2.24) is 5.32 Å². The van der Waals surface area contributed by atoms with E-state index in [0.29, 0.717) is 12.2 Å². The zero-order valence-corrected chi connectivity index (χ0v) is 18.7. The van der Waals surface area contributed by atoms with Gasteiger partial charge in [0.05, 0.1) is 5.56 Å². The van der Waals surface area contributed by atoms with Crippen LogP contribution in [0.1, 0.15) is 68.9 Å². The van der Waals surface area contributed by atoms with Crippen molar-refractivity contribution in [1.29, 1.82) is 0 Å². The van der Waals surface area contributed by atoms with Crippen LogP contribution < -0.4 is 10.1 Å². The summed E-state index contributed by atoms with van der Waals surface area (Å²) in [4.78, 5) is 23.9. The molecule has 1 atom stereocenters. The van der Waals surface area contributed by atoms with Crippen LogP contribution in [0.5, 0.6) is 5.75 Å². The van der Waals surface area contributed by atoms with Gasteiger partial charge in [0.25, 0.3) is 5.91 Å². The highest BCUT2D eigenvalue weighted by atomic mass is 16.5. The second kappa shape index (κ2) is 10.8. The average molecular weight is 412 g/mol. The standard InChI is InChI=1S/C25H33NO4/c1-6-7-18(2)26-23(27)17-30-24(28)20-10-8-19(9-11-20)16-29-22-14-12-21(13-15-22)25(3,4)5/h8-15,18H,6-7,16-17H2,1-5H3,(H,26,27)/t18-/m1/s1. The third-order valence-electron chi connectivity index (χ3n) is 4.78. The minimum absolute atomic E-state index is 0.0742. The van der Waals surface area contributed by atoms with Gasteiger partial charge in [0.1, 0.15) is 12.4 Å². The Balaban J connectivity index is 1.81. The predicted molar refractivity (Wildman–Crippen MR) is 119 cm³/mol. The summed E-state index contributed by atoms with van der Waals surface area (Å²) in [6.07, 6.45) is 1.88. The van der Waals surface area contributed by atoms with Crippen LogP contribution in [0, 0.1) is 0 Å². The number of carbonyl (C=O) groups is 2. The van der Waals surface area contributed by atoms with Crippen LogP contribution in [-0.4, -0.2) is 24.5 Å². The molecule has 2 rings (SSSR count). The van der Waals surface area contributed by atoms with E-state index < -0.39 is 5.97 Å². The van der Waals surface area contributed by atoms with E-state index in [4.69, 9.17) is 9.47 Å². The molecule has 0 fully saturated rings.